The van der Waals surface area contributed by atoms with Gasteiger partial charge in [0.1, 0.15) is 17.6 Å². The first-order valence-corrected chi connectivity index (χ1v) is 10.8. The third-order valence-electron chi connectivity index (χ3n) is 5.91. The van der Waals surface area contributed by atoms with Crippen LogP contribution < -0.4 is 9.64 Å². The van der Waals surface area contributed by atoms with Gasteiger partial charge in [-0.2, -0.15) is 0 Å². The van der Waals surface area contributed by atoms with Crippen LogP contribution in [0.2, 0.25) is 0 Å². The smallest absolute Gasteiger partial charge is 0.300 e. The van der Waals surface area contributed by atoms with Gasteiger partial charge in [-0.05, 0) is 67.3 Å². The van der Waals surface area contributed by atoms with Crippen molar-refractivity contribution in [2.45, 2.75) is 33.2 Å². The highest BCUT2D eigenvalue weighted by Crippen LogP contribution is 2.43. The zero-order chi connectivity index (χ0) is 23.7. The molecule has 1 aliphatic rings. The van der Waals surface area contributed by atoms with Crippen LogP contribution in [0.25, 0.3) is 5.76 Å². The van der Waals surface area contributed by atoms with Crippen LogP contribution in [0.4, 0.5) is 5.69 Å². The Morgan fingerprint density at radius 3 is 2.42 bits per heavy atom. The number of Topliss-reactive ketones (excluding diaryl/α,β-unsaturated/α-hetero) is 1. The van der Waals surface area contributed by atoms with Gasteiger partial charge < -0.3 is 9.84 Å². The molecule has 1 amide bonds. The molecule has 0 bridgehead atoms. The molecular weight excluding hydrogens is 416 g/mol. The molecule has 6 heteroatoms. The predicted octanol–water partition coefficient (Wildman–Crippen LogP) is 4.90. The molecule has 0 radical (unpaired) electrons. The number of ketones is 1. The summed E-state index contributed by atoms with van der Waals surface area (Å²) in [6, 6.07) is 15.6. The van der Waals surface area contributed by atoms with Crippen molar-refractivity contribution in [3.63, 3.8) is 0 Å². The van der Waals surface area contributed by atoms with E-state index in [4.69, 9.17) is 4.74 Å². The van der Waals surface area contributed by atoms with E-state index in [-0.39, 0.29) is 11.3 Å². The van der Waals surface area contributed by atoms with Crippen LogP contribution in [0, 0.1) is 13.8 Å². The number of ether oxygens (including phenoxy) is 1. The predicted molar refractivity (Wildman–Crippen MR) is 127 cm³/mol. The summed E-state index contributed by atoms with van der Waals surface area (Å²) >= 11 is 0. The number of hydrogen-bond acceptors (Lipinski definition) is 5. The monoisotopic (exact) mass is 442 g/mol. The molecule has 1 aliphatic heterocycles. The van der Waals surface area contributed by atoms with Crippen molar-refractivity contribution < 1.29 is 19.4 Å². The van der Waals surface area contributed by atoms with E-state index in [1.807, 2.05) is 51.1 Å². The first kappa shape index (κ1) is 22.3. The number of aromatic nitrogens is 1. The van der Waals surface area contributed by atoms with Crippen molar-refractivity contribution >= 4 is 23.1 Å². The molecule has 0 saturated carbocycles. The molecule has 33 heavy (non-hydrogen) atoms. The fourth-order valence-corrected chi connectivity index (χ4v) is 4.35. The van der Waals surface area contributed by atoms with Gasteiger partial charge in [-0.1, -0.05) is 31.2 Å². The van der Waals surface area contributed by atoms with Crippen LogP contribution >= 0.6 is 0 Å². The second-order valence-electron chi connectivity index (χ2n) is 8.11. The molecule has 6 nitrogen and oxygen atoms in total. The van der Waals surface area contributed by atoms with Gasteiger partial charge in [0.25, 0.3) is 11.7 Å². The zero-order valence-corrected chi connectivity index (χ0v) is 19.1. The normalized spacial score (nSPS) is 17.5. The molecule has 168 valence electrons. The van der Waals surface area contributed by atoms with Gasteiger partial charge in [-0.25, -0.2) is 0 Å². The minimum atomic E-state index is -0.871. The Balaban J connectivity index is 1.97. The van der Waals surface area contributed by atoms with Crippen LogP contribution in [-0.2, 0) is 16.0 Å². The number of aryl methyl sites for hydroxylation is 3. The Morgan fingerprint density at radius 1 is 1.09 bits per heavy atom. The molecule has 4 rings (SSSR count). The Morgan fingerprint density at radius 2 is 1.82 bits per heavy atom. The number of amides is 1. The molecule has 0 aliphatic carbocycles. The van der Waals surface area contributed by atoms with Crippen LogP contribution in [-0.4, -0.2) is 28.9 Å². The fraction of sp³-hybridized carbons (Fsp3) is 0.222. The molecule has 1 fully saturated rings. The highest BCUT2D eigenvalue weighted by Gasteiger charge is 2.47. The summed E-state index contributed by atoms with van der Waals surface area (Å²) in [7, 11) is 1.51. The average Bonchev–Trinajstić information content (AvgIpc) is 3.09. The van der Waals surface area contributed by atoms with Crippen LogP contribution in [0.1, 0.15) is 40.9 Å². The number of benzene rings is 2. The van der Waals surface area contributed by atoms with Crippen molar-refractivity contribution in [2.75, 3.05) is 12.0 Å². The van der Waals surface area contributed by atoms with Crippen molar-refractivity contribution in [1.29, 1.82) is 0 Å². The van der Waals surface area contributed by atoms with Crippen molar-refractivity contribution in [2.24, 2.45) is 0 Å². The van der Waals surface area contributed by atoms with Crippen LogP contribution in [0.15, 0.2) is 66.4 Å². The van der Waals surface area contributed by atoms with Gasteiger partial charge >= 0.3 is 0 Å². The first-order valence-electron chi connectivity index (χ1n) is 10.8. The highest BCUT2D eigenvalue weighted by atomic mass is 16.5. The number of nitrogens with zero attached hydrogens (tertiary/aromatic N) is 2. The van der Waals surface area contributed by atoms with E-state index in [2.05, 4.69) is 4.98 Å². The maximum absolute atomic E-state index is 13.3. The maximum atomic E-state index is 13.3. The van der Waals surface area contributed by atoms with E-state index in [0.29, 0.717) is 22.7 Å². The largest absolute Gasteiger partial charge is 0.507 e. The summed E-state index contributed by atoms with van der Waals surface area (Å²) in [6.45, 7) is 5.81. The summed E-state index contributed by atoms with van der Waals surface area (Å²) in [6.07, 6.45) is 2.46. The third-order valence-corrected chi connectivity index (χ3v) is 5.91. The first-order chi connectivity index (χ1) is 15.9. The zero-order valence-electron chi connectivity index (χ0n) is 19.1. The second-order valence-corrected chi connectivity index (χ2v) is 8.11. The topological polar surface area (TPSA) is 79.7 Å². The maximum Gasteiger partial charge on any atom is 0.300 e. The van der Waals surface area contributed by atoms with Crippen molar-refractivity contribution in [1.82, 2.24) is 4.98 Å². The van der Waals surface area contributed by atoms with E-state index in [1.54, 1.807) is 30.5 Å². The molecule has 1 aromatic heterocycles. The molecule has 3 aromatic rings. The van der Waals surface area contributed by atoms with E-state index in [9.17, 15) is 14.7 Å². The molecule has 1 N–H and O–H groups in total. The Kier molecular flexibility index (Phi) is 6.01. The number of aliphatic hydroxyl groups excluding tert-OH is 1. The van der Waals surface area contributed by atoms with Crippen LogP contribution in [0.3, 0.4) is 0 Å². The van der Waals surface area contributed by atoms with E-state index >= 15 is 0 Å². The van der Waals surface area contributed by atoms with Gasteiger partial charge in [0, 0.05) is 11.9 Å². The number of pyridine rings is 1. The minimum absolute atomic E-state index is 0.0124. The quantitative estimate of drug-likeness (QED) is 0.346. The summed E-state index contributed by atoms with van der Waals surface area (Å²) in [5.41, 5.74) is 4.24. The number of aliphatic hydroxyl groups is 1. The third kappa shape index (κ3) is 3.89. The molecule has 1 atom stereocenters. The number of hydrogen-bond donors (Lipinski definition) is 1. The van der Waals surface area contributed by atoms with Gasteiger partial charge in [-0.3, -0.25) is 19.5 Å². The summed E-state index contributed by atoms with van der Waals surface area (Å²) in [5, 5.41) is 11.4. The Bertz CT molecular complexity index is 1250. The lowest BCUT2D eigenvalue weighted by atomic mass is 9.95. The van der Waals surface area contributed by atoms with E-state index < -0.39 is 17.7 Å². The lowest BCUT2D eigenvalue weighted by molar-refractivity contribution is -0.132. The molecular formula is C27H26N2O4. The standard InChI is InChI=1S/C27H26N2O4/c1-5-18-9-11-19(12-10-18)29-23(21-8-6-7-13-28-21)22(25(31)27(29)32)24(30)20-15-16(2)14-17(3)26(20)33-4/h6-15,23,30H,5H2,1-4H3/b24-22+. The Labute approximate surface area is 193 Å². The SMILES string of the molecule is CCc1ccc(N2C(=O)C(=O)/C(=C(/O)c3cc(C)cc(C)c3OC)C2c2ccccn2)cc1. The lowest BCUT2D eigenvalue weighted by Gasteiger charge is -2.25. The van der Waals surface area contributed by atoms with Crippen molar-refractivity contribution in [3.8, 4) is 5.75 Å². The molecule has 2 aromatic carbocycles. The van der Waals surface area contributed by atoms with Gasteiger partial charge in [-0.15, -0.1) is 0 Å². The minimum Gasteiger partial charge on any atom is -0.507 e. The second kappa shape index (κ2) is 8.90. The molecule has 0 spiro atoms. The number of anilines is 1. The highest BCUT2D eigenvalue weighted by molar-refractivity contribution is 6.51. The number of carbonyl (C=O) groups is 2. The molecule has 1 saturated heterocycles. The number of carbonyl (C=O) groups excluding carboxylic acids is 2. The summed E-state index contributed by atoms with van der Waals surface area (Å²) in [5.74, 6) is -1.29. The Hall–Kier alpha value is -3.93. The lowest BCUT2D eigenvalue weighted by Crippen LogP contribution is -2.29. The molecule has 1 unspecified atom stereocenters. The summed E-state index contributed by atoms with van der Waals surface area (Å²) in [4.78, 5) is 32.4. The van der Waals surface area contributed by atoms with Gasteiger partial charge in [0.05, 0.1) is 23.9 Å². The number of methoxy groups -OCH3 is 1. The summed E-state index contributed by atoms with van der Waals surface area (Å²) < 4.78 is 5.53. The van der Waals surface area contributed by atoms with E-state index in [1.165, 1.54) is 12.0 Å². The van der Waals surface area contributed by atoms with Gasteiger partial charge in [0.2, 0.25) is 0 Å². The number of rotatable bonds is 5. The van der Waals surface area contributed by atoms with Crippen molar-refractivity contribution in [3.05, 3.63) is 94.3 Å². The fourth-order valence-electron chi connectivity index (χ4n) is 4.35. The molecule has 2 heterocycles. The van der Waals surface area contributed by atoms with Gasteiger partial charge in [0.15, 0.2) is 0 Å². The van der Waals surface area contributed by atoms with E-state index in [0.717, 1.165) is 23.1 Å². The average molecular weight is 443 g/mol. The van der Waals surface area contributed by atoms with Crippen LogP contribution in [0.5, 0.6) is 5.75 Å².